The van der Waals surface area contributed by atoms with Gasteiger partial charge < -0.3 is 43.9 Å². The van der Waals surface area contributed by atoms with E-state index in [1.807, 2.05) is 0 Å². The normalized spacial score (nSPS) is 21.3. The van der Waals surface area contributed by atoms with Crippen molar-refractivity contribution < 1.29 is 126 Å². The van der Waals surface area contributed by atoms with Gasteiger partial charge in [0, 0.05) is 12.3 Å². The summed E-state index contributed by atoms with van der Waals surface area (Å²) in [4.78, 5) is 76.6. The molecule has 1 saturated heterocycles. The molecule has 3 aromatic rings. The molecule has 4 rings (SSSR count). The van der Waals surface area contributed by atoms with Crippen LogP contribution in [0.4, 0.5) is 5.82 Å². The number of aliphatic hydroxyl groups excluding tert-OH is 2. The molecule has 18 nitrogen and oxygen atoms in total. The maximum atomic E-state index is 14.2. The quantitative estimate of drug-likeness (QED) is 0.0749. The topological polar surface area (TPSA) is 275 Å². The van der Waals surface area contributed by atoms with E-state index in [0.717, 1.165) is 23.9 Å². The molecule has 24 heteroatoms. The number of benzene rings is 2. The fourth-order valence-corrected chi connectivity index (χ4v) is 14.3. The van der Waals surface area contributed by atoms with Gasteiger partial charge in [0.15, 0.2) is 23.9 Å². The van der Waals surface area contributed by atoms with Crippen LogP contribution in [0.3, 0.4) is 0 Å². The van der Waals surface area contributed by atoms with Crippen molar-refractivity contribution in [3.8, 4) is 0 Å². The third-order valence-corrected chi connectivity index (χ3v) is 16.7. The summed E-state index contributed by atoms with van der Waals surface area (Å²) in [6.07, 6.45) is -5.49. The molecule has 0 saturated carbocycles. The first-order valence-corrected chi connectivity index (χ1v) is 21.9. The van der Waals surface area contributed by atoms with Gasteiger partial charge >= 0.3 is 64.8 Å². The van der Waals surface area contributed by atoms with E-state index in [0.29, 0.717) is 11.1 Å². The van der Waals surface area contributed by atoms with Gasteiger partial charge in [-0.15, -0.1) is 0 Å². The zero-order chi connectivity index (χ0) is 36.6. The van der Waals surface area contributed by atoms with E-state index in [-0.39, 0.29) is 78.9 Å². The Morgan fingerprint density at radius 1 is 0.865 bits per heavy atom. The van der Waals surface area contributed by atoms with Crippen molar-refractivity contribution in [1.82, 2.24) is 9.55 Å². The molecule has 0 spiro atoms. The van der Waals surface area contributed by atoms with E-state index in [4.69, 9.17) is 27.4 Å². The summed E-state index contributed by atoms with van der Waals surface area (Å²) in [5.41, 5.74) is 0.172. The van der Waals surface area contributed by atoms with Gasteiger partial charge in [-0.25, -0.2) is 22.9 Å². The molecule has 1 fully saturated rings. The fraction of sp³-hybridized carbons (Fsp3) is 0.429. The largest absolute Gasteiger partial charge is 1.00 e. The minimum Gasteiger partial charge on any atom is -0.669 e. The number of rotatable bonds is 19. The molecule has 0 amide bonds. The molecule has 6 atom stereocenters. The molecule has 2 unspecified atom stereocenters. The Kier molecular flexibility index (Phi) is 20.0. The molecule has 276 valence electrons. The Morgan fingerprint density at radius 3 is 1.88 bits per heavy atom. The van der Waals surface area contributed by atoms with Crippen molar-refractivity contribution in [3.63, 3.8) is 0 Å². The minimum atomic E-state index is -5.27. The van der Waals surface area contributed by atoms with Crippen LogP contribution in [0.25, 0.3) is 0 Å². The zero-order valence-electron chi connectivity index (χ0n) is 28.9. The Morgan fingerprint density at radius 2 is 1.40 bits per heavy atom. The van der Waals surface area contributed by atoms with E-state index in [9.17, 15) is 44.0 Å². The molecular formula is C28H37N3Na2O15P4. The summed E-state index contributed by atoms with van der Waals surface area (Å²) in [7, 11) is -17.1. The van der Waals surface area contributed by atoms with Crippen LogP contribution in [0.2, 0.25) is 0 Å². The summed E-state index contributed by atoms with van der Waals surface area (Å²) < 4.78 is 48.1. The number of aliphatic hydroxyl groups is 2. The smallest absolute Gasteiger partial charge is 0.669 e. The molecule has 1 aromatic heterocycles. The van der Waals surface area contributed by atoms with Crippen molar-refractivity contribution in [1.29, 1.82) is 0 Å². The van der Waals surface area contributed by atoms with Gasteiger partial charge in [0.2, 0.25) is 15.9 Å². The predicted octanol–water partition coefficient (Wildman–Crippen LogP) is -6.39. The minimum absolute atomic E-state index is 0. The van der Waals surface area contributed by atoms with Gasteiger partial charge in [-0.2, -0.15) is 4.98 Å². The average molecular weight is 825 g/mol. The van der Waals surface area contributed by atoms with E-state index < -0.39 is 85.8 Å². The van der Waals surface area contributed by atoms with E-state index in [1.165, 1.54) is 12.0 Å². The van der Waals surface area contributed by atoms with Crippen LogP contribution in [0.5, 0.6) is 0 Å². The molecule has 1 aliphatic rings. The number of nitrogens with zero attached hydrogens (tertiary/aromatic N) is 2. The Balaban J connectivity index is 0.00000468. The Hall–Kier alpha value is 0.120. The maximum absolute atomic E-state index is 14.2. The second-order valence-corrected chi connectivity index (χ2v) is 19.8. The van der Waals surface area contributed by atoms with Crippen LogP contribution >= 0.6 is 31.3 Å². The molecule has 0 bridgehead atoms. The maximum Gasteiger partial charge on any atom is 1.00 e. The van der Waals surface area contributed by atoms with Crippen LogP contribution in [-0.4, -0.2) is 70.2 Å². The summed E-state index contributed by atoms with van der Waals surface area (Å²) in [6, 6.07) is 18.5. The van der Waals surface area contributed by atoms with Gasteiger partial charge in [0.1, 0.15) is 38.1 Å². The number of nitrogens with one attached hydrogen (secondary N) is 1. The van der Waals surface area contributed by atoms with Crippen LogP contribution in [0.15, 0.2) is 77.7 Å². The molecule has 0 radical (unpaired) electrons. The average Bonchev–Trinajstić information content (AvgIpc) is 3.34. The number of aromatic nitrogens is 2. The van der Waals surface area contributed by atoms with E-state index in [2.05, 4.69) is 4.98 Å². The zero-order valence-corrected chi connectivity index (χ0v) is 36.4. The predicted molar refractivity (Wildman–Crippen MR) is 173 cm³/mol. The van der Waals surface area contributed by atoms with Crippen LogP contribution in [0.1, 0.15) is 24.3 Å². The third-order valence-electron chi connectivity index (χ3n) is 7.09. The van der Waals surface area contributed by atoms with Crippen molar-refractivity contribution in [2.45, 2.75) is 44.7 Å². The first kappa shape index (κ1) is 48.3. The summed E-state index contributed by atoms with van der Waals surface area (Å²) in [5, 5.41) is 22.7. The number of hydrogen-bond donors (Lipinski definition) is 3. The van der Waals surface area contributed by atoms with Gasteiger partial charge in [-0.3, -0.25) is 14.2 Å². The van der Waals surface area contributed by atoms with Crippen LogP contribution < -0.4 is 94.4 Å². The Bertz CT molecular complexity index is 1590. The first-order chi connectivity index (χ1) is 23.6. The Labute approximate surface area is 346 Å². The summed E-state index contributed by atoms with van der Waals surface area (Å²) in [6.45, 7) is 0.349. The monoisotopic (exact) mass is 825 g/mol. The number of hydrogen-bond acceptors (Lipinski definition) is 17. The van der Waals surface area contributed by atoms with Crippen LogP contribution in [0, 0.1) is 0 Å². The summed E-state index contributed by atoms with van der Waals surface area (Å²) in [5.74, 6) is -2.25. The van der Waals surface area contributed by atoms with Crippen molar-refractivity contribution >= 4 is 37.2 Å². The molecule has 2 heterocycles. The molecule has 3 N–H and O–H groups in total. The molecule has 2 aromatic carbocycles. The molecule has 52 heavy (non-hydrogen) atoms. The SMILES string of the molecule is CCOP(=O)(C[P+]([O-])(OC)OC[C@H]1O[C@@H](n2ccc(N[P+]([O-])([O-])[O-])nc2=O)[C@H](O)[C@@H]1O)C[P+]([O-])(OCc1ccccc1)OCc1ccccc1.[Na+].[Na+]. The molecule has 1 aliphatic heterocycles. The van der Waals surface area contributed by atoms with E-state index >= 15 is 0 Å². The van der Waals surface area contributed by atoms with Gasteiger partial charge in [-0.1, -0.05) is 68.8 Å². The first-order valence-electron chi connectivity index (χ1n) is 15.0. The fourth-order valence-electron chi connectivity index (χ4n) is 4.75. The van der Waals surface area contributed by atoms with Crippen LogP contribution in [-0.2, 0) is 45.1 Å². The third kappa shape index (κ3) is 14.6. The van der Waals surface area contributed by atoms with Crippen molar-refractivity contribution in [3.05, 3.63) is 94.5 Å². The number of ether oxygens (including phenoxy) is 1. The summed E-state index contributed by atoms with van der Waals surface area (Å²) >= 11 is 0. The van der Waals surface area contributed by atoms with Gasteiger partial charge in [0.25, 0.3) is 7.37 Å². The second kappa shape index (κ2) is 21.6. The number of anilines is 1. The van der Waals surface area contributed by atoms with Gasteiger partial charge in [-0.05, 0) is 18.1 Å². The van der Waals surface area contributed by atoms with Gasteiger partial charge in [0.05, 0.1) is 13.7 Å². The molecular weight excluding hydrogens is 788 g/mol. The standard InChI is InChI=1S/C28H39N3O15P4.2Na/c1-3-42-47(35,20-49(37,43-16-21-10-6-4-7-11-21)44-17-22-12-8-5-9-13-22)19-48(36,41-2)45-18-23-25(32)26(33)27(46-23)31-15-14-24(29-28(31)34)30-50(38,39)40;;/h4-15,23,25-27,32-33H,3,16-20H2,1-2H3,(H3,29,30,34,38,39,40);;/q;2*+1/p-2/t23-,25-,26-,27-,47?,48?;;/m1../s1. The molecule has 0 aliphatic carbocycles. The van der Waals surface area contributed by atoms with Crippen molar-refractivity contribution in [2.75, 3.05) is 37.2 Å². The second-order valence-electron chi connectivity index (χ2n) is 10.9. The van der Waals surface area contributed by atoms with Crippen molar-refractivity contribution in [2.24, 2.45) is 0 Å². The van der Waals surface area contributed by atoms with E-state index in [1.54, 1.807) is 60.7 Å².